The summed E-state index contributed by atoms with van der Waals surface area (Å²) in [6.45, 7) is 4.23. The van der Waals surface area contributed by atoms with Gasteiger partial charge in [0.05, 0.1) is 10.0 Å². The molecule has 4 rings (SSSR count). The summed E-state index contributed by atoms with van der Waals surface area (Å²) in [5.41, 5.74) is 1.86. The zero-order chi connectivity index (χ0) is 21.6. The Hall–Kier alpha value is -1.93. The highest BCUT2D eigenvalue weighted by Crippen LogP contribution is 2.24. The van der Waals surface area contributed by atoms with Crippen LogP contribution >= 0.6 is 34.5 Å². The van der Waals surface area contributed by atoms with Crippen molar-refractivity contribution in [1.29, 1.82) is 0 Å². The van der Waals surface area contributed by atoms with Crippen LogP contribution in [0.1, 0.15) is 30.7 Å². The van der Waals surface area contributed by atoms with Gasteiger partial charge < -0.3 is 14.2 Å². The lowest BCUT2D eigenvalue weighted by Crippen LogP contribution is -2.37. The van der Waals surface area contributed by atoms with Gasteiger partial charge in [0.15, 0.2) is 0 Å². The summed E-state index contributed by atoms with van der Waals surface area (Å²) in [7, 11) is 0. The Morgan fingerprint density at radius 1 is 1.16 bits per heavy atom. The first-order valence-electron chi connectivity index (χ1n) is 10.4. The van der Waals surface area contributed by atoms with Crippen molar-refractivity contribution in [3.05, 3.63) is 56.5 Å². The Bertz CT molecular complexity index is 1000. The third-order valence-corrected chi connectivity index (χ3v) is 6.80. The first-order valence-corrected chi connectivity index (χ1v) is 12.1. The Balaban J connectivity index is 1.39. The van der Waals surface area contributed by atoms with Gasteiger partial charge in [-0.05, 0) is 55.1 Å². The Morgan fingerprint density at radius 3 is 2.74 bits per heavy atom. The van der Waals surface area contributed by atoms with Crippen molar-refractivity contribution in [2.45, 2.75) is 32.2 Å². The van der Waals surface area contributed by atoms with E-state index in [1.165, 1.54) is 12.8 Å². The average molecular weight is 479 g/mol. The van der Waals surface area contributed by atoms with E-state index in [9.17, 15) is 4.79 Å². The molecule has 2 aromatic heterocycles. The second kappa shape index (κ2) is 10.6. The first-order chi connectivity index (χ1) is 15.1. The average Bonchev–Trinajstić information content (AvgIpc) is 3.54. The highest BCUT2D eigenvalue weighted by Gasteiger charge is 2.19. The van der Waals surface area contributed by atoms with Crippen molar-refractivity contribution in [1.82, 2.24) is 20.0 Å². The molecule has 1 fully saturated rings. The number of halogens is 2. The van der Waals surface area contributed by atoms with Crippen molar-refractivity contribution in [3.63, 3.8) is 0 Å². The van der Waals surface area contributed by atoms with Gasteiger partial charge in [-0.3, -0.25) is 4.79 Å². The van der Waals surface area contributed by atoms with Gasteiger partial charge in [-0.1, -0.05) is 29.3 Å². The molecule has 0 unspecified atom stereocenters. The maximum atomic E-state index is 13.1. The summed E-state index contributed by atoms with van der Waals surface area (Å²) in [6.07, 6.45) is 3.18. The van der Waals surface area contributed by atoms with Crippen molar-refractivity contribution in [2.75, 3.05) is 26.2 Å². The molecule has 1 aliphatic heterocycles. The highest BCUT2D eigenvalue weighted by atomic mass is 35.5. The molecule has 3 heterocycles. The van der Waals surface area contributed by atoms with E-state index in [1.807, 2.05) is 33.9 Å². The van der Waals surface area contributed by atoms with E-state index >= 15 is 0 Å². The molecule has 164 valence electrons. The molecule has 3 aromatic rings. The summed E-state index contributed by atoms with van der Waals surface area (Å²) < 4.78 is 5.72. The minimum absolute atomic E-state index is 0.0561. The molecule has 0 saturated carbocycles. The molecule has 0 spiro atoms. The maximum absolute atomic E-state index is 13.1. The molecule has 0 atom stereocenters. The quantitative estimate of drug-likeness (QED) is 0.424. The van der Waals surface area contributed by atoms with Crippen LogP contribution in [0.2, 0.25) is 10.0 Å². The normalized spacial score (nSPS) is 14.3. The summed E-state index contributed by atoms with van der Waals surface area (Å²) >= 11 is 13.8. The lowest BCUT2D eigenvalue weighted by molar-refractivity contribution is -0.132. The van der Waals surface area contributed by atoms with Gasteiger partial charge in [0.2, 0.25) is 17.7 Å². The second-order valence-corrected chi connectivity index (χ2v) is 9.22. The SMILES string of the molecule is O=C(CCc1nnc(-c2ccsc2)o1)N(CCN1CCCC1)Cc1ccc(Cl)c(Cl)c1. The third-order valence-electron chi connectivity index (χ3n) is 5.38. The largest absolute Gasteiger partial charge is 0.421 e. The smallest absolute Gasteiger partial charge is 0.248 e. The molecule has 1 aromatic carbocycles. The second-order valence-electron chi connectivity index (χ2n) is 7.63. The molecule has 31 heavy (non-hydrogen) atoms. The van der Waals surface area contributed by atoms with Crippen molar-refractivity contribution < 1.29 is 9.21 Å². The van der Waals surface area contributed by atoms with Crippen LogP contribution in [-0.4, -0.2) is 52.1 Å². The number of hydrogen-bond acceptors (Lipinski definition) is 6. The number of likely N-dealkylation sites (tertiary alicyclic amines) is 1. The lowest BCUT2D eigenvalue weighted by Gasteiger charge is -2.26. The predicted molar refractivity (Wildman–Crippen MR) is 123 cm³/mol. The minimum atomic E-state index is 0.0561. The number of benzene rings is 1. The van der Waals surface area contributed by atoms with Crippen molar-refractivity contribution in [2.24, 2.45) is 0 Å². The van der Waals surface area contributed by atoms with Gasteiger partial charge in [-0.25, -0.2) is 0 Å². The Labute approximate surface area is 195 Å². The van der Waals surface area contributed by atoms with Crippen LogP contribution in [0.4, 0.5) is 0 Å². The molecular weight excluding hydrogens is 455 g/mol. The predicted octanol–water partition coefficient (Wildman–Crippen LogP) is 5.16. The summed E-state index contributed by atoms with van der Waals surface area (Å²) in [4.78, 5) is 17.4. The van der Waals surface area contributed by atoms with Gasteiger partial charge in [-0.2, -0.15) is 11.3 Å². The van der Waals surface area contributed by atoms with Crippen molar-refractivity contribution in [3.8, 4) is 11.5 Å². The number of thiophene rings is 1. The molecule has 0 radical (unpaired) electrons. The van der Waals surface area contributed by atoms with E-state index in [4.69, 9.17) is 27.6 Å². The Morgan fingerprint density at radius 2 is 2.00 bits per heavy atom. The van der Waals surface area contributed by atoms with Crippen LogP contribution in [0, 0.1) is 0 Å². The van der Waals surface area contributed by atoms with E-state index in [0.29, 0.717) is 47.8 Å². The van der Waals surface area contributed by atoms with Crippen LogP contribution in [0.5, 0.6) is 0 Å². The lowest BCUT2D eigenvalue weighted by atomic mass is 10.2. The van der Waals surface area contributed by atoms with E-state index < -0.39 is 0 Å². The molecule has 0 aliphatic carbocycles. The zero-order valence-corrected chi connectivity index (χ0v) is 19.4. The highest BCUT2D eigenvalue weighted by molar-refractivity contribution is 7.08. The molecule has 1 saturated heterocycles. The van der Waals surface area contributed by atoms with E-state index in [0.717, 1.165) is 30.8 Å². The minimum Gasteiger partial charge on any atom is -0.421 e. The number of aryl methyl sites for hydroxylation is 1. The maximum Gasteiger partial charge on any atom is 0.248 e. The van der Waals surface area contributed by atoms with Crippen LogP contribution in [0.15, 0.2) is 39.4 Å². The topological polar surface area (TPSA) is 62.5 Å². The standard InChI is InChI=1S/C22H24Cl2N4O2S/c23-18-4-3-16(13-19(18)24)14-28(11-10-27-8-1-2-9-27)21(29)6-5-20-25-26-22(30-20)17-7-12-31-15-17/h3-4,7,12-13,15H,1-2,5-6,8-11,14H2. The van der Waals surface area contributed by atoms with Crippen LogP contribution in [0.3, 0.4) is 0 Å². The zero-order valence-electron chi connectivity index (χ0n) is 17.1. The molecule has 0 N–H and O–H groups in total. The summed E-state index contributed by atoms with van der Waals surface area (Å²) in [5.74, 6) is 1.02. The third kappa shape index (κ3) is 6.07. The number of carbonyl (C=O) groups is 1. The number of amides is 1. The van der Waals surface area contributed by atoms with E-state index in [-0.39, 0.29) is 5.91 Å². The molecule has 6 nitrogen and oxygen atoms in total. The monoisotopic (exact) mass is 478 g/mol. The number of aromatic nitrogens is 2. The Kier molecular flexibility index (Phi) is 7.61. The van der Waals surface area contributed by atoms with Gasteiger partial charge in [-0.15, -0.1) is 10.2 Å². The fourth-order valence-electron chi connectivity index (χ4n) is 3.65. The number of rotatable bonds is 9. The molecule has 1 aliphatic rings. The number of nitrogens with zero attached hydrogens (tertiary/aromatic N) is 4. The van der Waals surface area contributed by atoms with Crippen molar-refractivity contribution >= 4 is 40.4 Å². The molecule has 1 amide bonds. The van der Waals surface area contributed by atoms with Gasteiger partial charge in [0, 0.05) is 43.4 Å². The molecule has 9 heteroatoms. The number of hydrogen-bond donors (Lipinski definition) is 0. The fraction of sp³-hybridized carbons (Fsp3) is 0.409. The van der Waals surface area contributed by atoms with Gasteiger partial charge in [0.25, 0.3) is 0 Å². The first kappa shape index (κ1) is 22.3. The van der Waals surface area contributed by atoms with Crippen LogP contribution in [-0.2, 0) is 17.8 Å². The van der Waals surface area contributed by atoms with E-state index in [2.05, 4.69) is 15.1 Å². The van der Waals surface area contributed by atoms with Gasteiger partial charge in [0.1, 0.15) is 0 Å². The fourth-order valence-corrected chi connectivity index (χ4v) is 4.60. The van der Waals surface area contributed by atoms with Crippen LogP contribution < -0.4 is 0 Å². The number of carbonyl (C=O) groups excluding carboxylic acids is 1. The molecular formula is C22H24Cl2N4O2S. The van der Waals surface area contributed by atoms with E-state index in [1.54, 1.807) is 17.4 Å². The molecule has 0 bridgehead atoms. The summed E-state index contributed by atoms with van der Waals surface area (Å²) in [5, 5.41) is 13.1. The summed E-state index contributed by atoms with van der Waals surface area (Å²) in [6, 6.07) is 7.44. The van der Waals surface area contributed by atoms with Crippen LogP contribution in [0.25, 0.3) is 11.5 Å². The van der Waals surface area contributed by atoms with Gasteiger partial charge >= 0.3 is 0 Å².